The van der Waals surface area contributed by atoms with Crippen LogP contribution in [-0.2, 0) is 18.6 Å². The largest absolute Gasteiger partial charge is 0.557 e. The molecule has 0 aromatic rings. The predicted octanol–water partition coefficient (Wildman–Crippen LogP) is 1.81. The van der Waals surface area contributed by atoms with Gasteiger partial charge in [-0.3, -0.25) is 0 Å². The highest BCUT2D eigenvalue weighted by Crippen LogP contribution is 2.33. The SMILES string of the molecule is C/C=C/CO[P+](=O)C1COC(=O)O1. The second kappa shape index (κ2) is 4.94. The van der Waals surface area contributed by atoms with Gasteiger partial charge in [0.15, 0.2) is 6.61 Å². The fourth-order valence-corrected chi connectivity index (χ4v) is 1.49. The lowest BCUT2D eigenvalue weighted by molar-refractivity contribution is 0.126. The Hall–Kier alpha value is -0.930. The molecular formula is C7H10O5P+. The number of carbonyl (C=O) groups excluding carboxylic acids is 1. The monoisotopic (exact) mass is 205 g/mol. The molecule has 1 fully saturated rings. The molecule has 0 spiro atoms. The Morgan fingerprint density at radius 1 is 1.77 bits per heavy atom. The van der Waals surface area contributed by atoms with Crippen LogP contribution in [0.3, 0.4) is 0 Å². The second-order valence-corrected chi connectivity index (χ2v) is 3.69. The van der Waals surface area contributed by atoms with E-state index in [1.54, 1.807) is 12.2 Å². The van der Waals surface area contributed by atoms with Gasteiger partial charge in [-0.15, -0.1) is 4.52 Å². The van der Waals surface area contributed by atoms with Crippen molar-refractivity contribution >= 4 is 14.2 Å². The van der Waals surface area contributed by atoms with Crippen molar-refractivity contribution < 1.29 is 23.4 Å². The number of ether oxygens (including phenoxy) is 2. The van der Waals surface area contributed by atoms with Crippen molar-refractivity contribution in [2.24, 2.45) is 0 Å². The quantitative estimate of drug-likeness (QED) is 0.398. The Bertz CT molecular complexity index is 237. The lowest BCUT2D eigenvalue weighted by Gasteiger charge is -1.90. The molecule has 72 valence electrons. The molecule has 2 atom stereocenters. The van der Waals surface area contributed by atoms with Crippen LogP contribution in [0.5, 0.6) is 0 Å². The zero-order chi connectivity index (χ0) is 9.68. The number of cyclic esters (lactones) is 2. The van der Waals surface area contributed by atoms with Crippen molar-refractivity contribution in [3.63, 3.8) is 0 Å². The fraction of sp³-hybridized carbons (Fsp3) is 0.571. The average molecular weight is 205 g/mol. The molecule has 0 radical (unpaired) electrons. The van der Waals surface area contributed by atoms with E-state index in [1.807, 2.05) is 6.92 Å². The summed E-state index contributed by atoms with van der Waals surface area (Å²) in [6.07, 6.45) is 2.70. The molecule has 2 unspecified atom stereocenters. The number of rotatable bonds is 4. The van der Waals surface area contributed by atoms with Crippen molar-refractivity contribution in [1.29, 1.82) is 0 Å². The minimum atomic E-state index is -1.99. The van der Waals surface area contributed by atoms with Crippen LogP contribution in [-0.4, -0.2) is 25.2 Å². The molecule has 0 bridgehead atoms. The lowest BCUT2D eigenvalue weighted by atomic mass is 10.6. The summed E-state index contributed by atoms with van der Waals surface area (Å²) in [6, 6.07) is 0. The van der Waals surface area contributed by atoms with E-state index >= 15 is 0 Å². The van der Waals surface area contributed by atoms with Crippen LogP contribution in [0, 0.1) is 0 Å². The van der Waals surface area contributed by atoms with E-state index in [4.69, 9.17) is 4.52 Å². The van der Waals surface area contributed by atoms with Crippen molar-refractivity contribution in [2.75, 3.05) is 13.2 Å². The van der Waals surface area contributed by atoms with E-state index in [1.165, 1.54) is 0 Å². The van der Waals surface area contributed by atoms with Gasteiger partial charge in [0.25, 0.3) is 0 Å². The van der Waals surface area contributed by atoms with Gasteiger partial charge in [-0.05, 0) is 11.5 Å². The van der Waals surface area contributed by atoms with Crippen LogP contribution >= 0.6 is 8.03 Å². The first kappa shape index (κ1) is 10.2. The van der Waals surface area contributed by atoms with Crippen LogP contribution in [0.4, 0.5) is 4.79 Å². The van der Waals surface area contributed by atoms with E-state index in [9.17, 15) is 9.36 Å². The molecule has 5 nitrogen and oxygen atoms in total. The summed E-state index contributed by atoms with van der Waals surface area (Å²) >= 11 is 0. The normalized spacial score (nSPS) is 23.0. The molecule has 1 aliphatic rings. The number of carbonyl (C=O) groups is 1. The highest BCUT2D eigenvalue weighted by molar-refractivity contribution is 7.39. The van der Waals surface area contributed by atoms with Crippen LogP contribution in [0.25, 0.3) is 0 Å². The molecule has 13 heavy (non-hydrogen) atoms. The molecule has 0 aromatic heterocycles. The van der Waals surface area contributed by atoms with Crippen LogP contribution in [0.1, 0.15) is 6.92 Å². The molecule has 0 amide bonds. The Morgan fingerprint density at radius 2 is 2.54 bits per heavy atom. The summed E-state index contributed by atoms with van der Waals surface area (Å²) in [4.78, 5) is 10.4. The van der Waals surface area contributed by atoms with Gasteiger partial charge in [0.1, 0.15) is 6.61 Å². The Labute approximate surface area is 76.5 Å². The Balaban J connectivity index is 2.27. The molecule has 0 aliphatic carbocycles. The van der Waals surface area contributed by atoms with Crippen molar-refractivity contribution in [2.45, 2.75) is 12.8 Å². The number of hydrogen-bond acceptors (Lipinski definition) is 5. The summed E-state index contributed by atoms with van der Waals surface area (Å²) in [5.74, 6) is -0.757. The van der Waals surface area contributed by atoms with Crippen LogP contribution in [0.15, 0.2) is 12.2 Å². The molecule has 1 heterocycles. The minimum Gasteiger partial charge on any atom is -0.425 e. The van der Waals surface area contributed by atoms with E-state index in [-0.39, 0.29) is 13.2 Å². The smallest absolute Gasteiger partial charge is 0.425 e. The fourth-order valence-electron chi connectivity index (χ4n) is 0.718. The topological polar surface area (TPSA) is 61.8 Å². The highest BCUT2D eigenvalue weighted by Gasteiger charge is 2.43. The maximum Gasteiger partial charge on any atom is 0.557 e. The van der Waals surface area contributed by atoms with Crippen LogP contribution < -0.4 is 0 Å². The van der Waals surface area contributed by atoms with Gasteiger partial charge >= 0.3 is 20.0 Å². The van der Waals surface area contributed by atoms with E-state index in [0.717, 1.165) is 0 Å². The summed E-state index contributed by atoms with van der Waals surface area (Å²) in [6.45, 7) is 2.08. The zero-order valence-corrected chi connectivity index (χ0v) is 8.03. The van der Waals surface area contributed by atoms with Gasteiger partial charge in [-0.25, -0.2) is 4.79 Å². The molecule has 1 rings (SSSR count). The second-order valence-electron chi connectivity index (χ2n) is 2.28. The van der Waals surface area contributed by atoms with E-state index in [0.29, 0.717) is 0 Å². The van der Waals surface area contributed by atoms with Gasteiger partial charge in [-0.2, -0.15) is 0 Å². The maximum absolute atomic E-state index is 11.2. The Morgan fingerprint density at radius 3 is 3.08 bits per heavy atom. The standard InChI is InChI=1S/C7H10O5P/c1-2-3-4-11-13(9)6-5-10-7(8)12-6/h2-3,6H,4-5H2,1H3/q+1/b3-2+. The molecule has 0 aromatic carbocycles. The van der Waals surface area contributed by atoms with Gasteiger partial charge in [0.2, 0.25) is 0 Å². The predicted molar refractivity (Wildman–Crippen MR) is 44.6 cm³/mol. The first-order valence-corrected chi connectivity index (χ1v) is 5.02. The van der Waals surface area contributed by atoms with E-state index in [2.05, 4.69) is 9.47 Å². The van der Waals surface area contributed by atoms with Crippen molar-refractivity contribution in [1.82, 2.24) is 0 Å². The summed E-state index contributed by atoms with van der Waals surface area (Å²) in [5.41, 5.74) is 0. The third-order valence-corrected chi connectivity index (χ3v) is 2.47. The molecule has 1 saturated heterocycles. The number of allylic oxidation sites excluding steroid dienone is 1. The maximum atomic E-state index is 11.2. The summed E-state index contributed by atoms with van der Waals surface area (Å²) in [5, 5.41) is 0. The third kappa shape index (κ3) is 3.13. The summed E-state index contributed by atoms with van der Waals surface area (Å²) in [7, 11) is -1.99. The van der Waals surface area contributed by atoms with Crippen molar-refractivity contribution in [3.8, 4) is 0 Å². The third-order valence-electron chi connectivity index (χ3n) is 1.34. The van der Waals surface area contributed by atoms with Gasteiger partial charge in [0, 0.05) is 0 Å². The van der Waals surface area contributed by atoms with Gasteiger partial charge in [-0.1, -0.05) is 12.2 Å². The van der Waals surface area contributed by atoms with Crippen molar-refractivity contribution in [3.05, 3.63) is 12.2 Å². The lowest BCUT2D eigenvalue weighted by Crippen LogP contribution is -2.05. The summed E-state index contributed by atoms with van der Waals surface area (Å²) < 4.78 is 25.1. The first-order valence-electron chi connectivity index (χ1n) is 3.78. The highest BCUT2D eigenvalue weighted by atomic mass is 31.1. The zero-order valence-electron chi connectivity index (χ0n) is 7.13. The Kier molecular flexibility index (Phi) is 3.86. The first-order chi connectivity index (χ1) is 6.24. The molecule has 1 aliphatic heterocycles. The van der Waals surface area contributed by atoms with Crippen LogP contribution in [0.2, 0.25) is 0 Å². The molecular weight excluding hydrogens is 195 g/mol. The van der Waals surface area contributed by atoms with Gasteiger partial charge < -0.3 is 9.47 Å². The number of hydrogen-bond donors (Lipinski definition) is 0. The molecule has 0 N–H and O–H groups in total. The average Bonchev–Trinajstić information content (AvgIpc) is 2.52. The van der Waals surface area contributed by atoms with Gasteiger partial charge in [0.05, 0.1) is 0 Å². The minimum absolute atomic E-state index is 0.00385. The molecule has 0 saturated carbocycles. The van der Waals surface area contributed by atoms with E-state index < -0.39 is 20.0 Å². The molecule has 6 heteroatoms.